The van der Waals surface area contributed by atoms with Crippen LogP contribution in [0.1, 0.15) is 0 Å². The first-order valence-electron chi connectivity index (χ1n) is 7.46. The summed E-state index contributed by atoms with van der Waals surface area (Å²) in [6.45, 7) is 0. The number of anilines is 1. The van der Waals surface area contributed by atoms with Gasteiger partial charge in [-0.3, -0.25) is 5.32 Å². The Balaban J connectivity index is 2.17. The molecule has 0 unspecified atom stereocenters. The molecule has 0 saturated carbocycles. The minimum Gasteiger partial charge on any atom is -0.507 e. The average Bonchev–Trinajstić information content (AvgIpc) is 2.61. The summed E-state index contributed by atoms with van der Waals surface area (Å²) in [6, 6.07) is 10.2. The van der Waals surface area contributed by atoms with Crippen molar-refractivity contribution in [3.63, 3.8) is 0 Å². The summed E-state index contributed by atoms with van der Waals surface area (Å²) in [5.74, 6) is 0.361. The standard InChI is InChI=1S/C17H15N5O4/c1-26-9-6-7-11(13(24)8-9)15-19-14(10-4-2-3-5-12(10)23)20-17(21-15)22-16(18)25/h2-8,23-24H,1H3,(H3,18,19,20,21,22,25). The Bertz CT molecular complexity index is 977. The van der Waals surface area contributed by atoms with Gasteiger partial charge in [0.2, 0.25) is 5.95 Å². The molecule has 1 heterocycles. The maximum atomic E-state index is 11.2. The predicted octanol–water partition coefficient (Wildman–Crippen LogP) is 2.12. The van der Waals surface area contributed by atoms with Gasteiger partial charge in [-0.2, -0.15) is 9.97 Å². The highest BCUT2D eigenvalue weighted by atomic mass is 16.5. The minimum atomic E-state index is -0.857. The van der Waals surface area contributed by atoms with Gasteiger partial charge >= 0.3 is 6.03 Å². The van der Waals surface area contributed by atoms with Crippen molar-refractivity contribution in [2.24, 2.45) is 5.73 Å². The van der Waals surface area contributed by atoms with E-state index in [4.69, 9.17) is 10.5 Å². The molecule has 0 aliphatic heterocycles. The Morgan fingerprint density at radius 1 is 1.00 bits per heavy atom. The number of aromatic hydroxyl groups is 2. The smallest absolute Gasteiger partial charge is 0.319 e. The summed E-state index contributed by atoms with van der Waals surface area (Å²) in [5, 5.41) is 22.5. The van der Waals surface area contributed by atoms with E-state index in [-0.39, 0.29) is 34.7 Å². The largest absolute Gasteiger partial charge is 0.507 e. The lowest BCUT2D eigenvalue weighted by Crippen LogP contribution is -2.21. The van der Waals surface area contributed by atoms with Crippen LogP contribution in [0.5, 0.6) is 17.2 Å². The fraction of sp³-hybridized carbons (Fsp3) is 0.0588. The summed E-state index contributed by atoms with van der Waals surface area (Å²) < 4.78 is 5.05. The van der Waals surface area contributed by atoms with Crippen molar-refractivity contribution < 1.29 is 19.7 Å². The second-order valence-corrected chi connectivity index (χ2v) is 5.20. The highest BCUT2D eigenvalue weighted by Gasteiger charge is 2.16. The number of phenolic OH excluding ortho intramolecular Hbond substituents is 2. The van der Waals surface area contributed by atoms with E-state index in [0.29, 0.717) is 11.3 Å². The molecule has 1 aromatic heterocycles. The molecule has 5 N–H and O–H groups in total. The third kappa shape index (κ3) is 3.46. The lowest BCUT2D eigenvalue weighted by atomic mass is 10.1. The molecule has 9 nitrogen and oxygen atoms in total. The van der Waals surface area contributed by atoms with Gasteiger partial charge < -0.3 is 20.7 Å². The number of para-hydroxylation sites is 1. The molecule has 0 spiro atoms. The number of ether oxygens (including phenoxy) is 1. The van der Waals surface area contributed by atoms with Crippen molar-refractivity contribution in [2.45, 2.75) is 0 Å². The van der Waals surface area contributed by atoms with E-state index in [2.05, 4.69) is 20.3 Å². The number of carbonyl (C=O) groups is 1. The van der Waals surface area contributed by atoms with Crippen LogP contribution in [-0.2, 0) is 0 Å². The van der Waals surface area contributed by atoms with Crippen LogP contribution in [0.15, 0.2) is 42.5 Å². The molecule has 132 valence electrons. The molecule has 3 aromatic rings. The molecule has 0 bridgehead atoms. The van der Waals surface area contributed by atoms with Crippen molar-refractivity contribution in [3.05, 3.63) is 42.5 Å². The quantitative estimate of drug-likeness (QED) is 0.562. The number of urea groups is 1. The molecule has 0 aliphatic carbocycles. The van der Waals surface area contributed by atoms with Crippen molar-refractivity contribution in [1.82, 2.24) is 15.0 Å². The highest BCUT2D eigenvalue weighted by Crippen LogP contribution is 2.33. The molecule has 0 fully saturated rings. The van der Waals surface area contributed by atoms with Crippen LogP contribution in [0.4, 0.5) is 10.7 Å². The Kier molecular flexibility index (Phi) is 4.52. The molecule has 2 amide bonds. The number of methoxy groups -OCH3 is 1. The van der Waals surface area contributed by atoms with E-state index in [9.17, 15) is 15.0 Å². The van der Waals surface area contributed by atoms with E-state index in [0.717, 1.165) is 0 Å². The average molecular weight is 353 g/mol. The molecular formula is C17H15N5O4. The Morgan fingerprint density at radius 3 is 2.23 bits per heavy atom. The Labute approximate surface area is 148 Å². The number of aromatic nitrogens is 3. The van der Waals surface area contributed by atoms with Crippen LogP contribution in [0, 0.1) is 0 Å². The Hall–Kier alpha value is -3.88. The van der Waals surface area contributed by atoms with Crippen molar-refractivity contribution >= 4 is 12.0 Å². The van der Waals surface area contributed by atoms with Gasteiger partial charge in [-0.15, -0.1) is 0 Å². The van der Waals surface area contributed by atoms with Crippen LogP contribution < -0.4 is 15.8 Å². The number of nitrogens with one attached hydrogen (secondary N) is 1. The molecule has 9 heteroatoms. The molecule has 0 atom stereocenters. The molecule has 3 rings (SSSR count). The van der Waals surface area contributed by atoms with E-state index >= 15 is 0 Å². The summed E-state index contributed by atoms with van der Waals surface area (Å²) in [7, 11) is 1.47. The van der Waals surface area contributed by atoms with Gasteiger partial charge in [-0.05, 0) is 24.3 Å². The Morgan fingerprint density at radius 2 is 1.65 bits per heavy atom. The summed E-state index contributed by atoms with van der Waals surface area (Å²) in [6.07, 6.45) is 0. The third-order valence-electron chi connectivity index (χ3n) is 3.46. The zero-order valence-electron chi connectivity index (χ0n) is 13.7. The fourth-order valence-electron chi connectivity index (χ4n) is 2.27. The minimum absolute atomic E-state index is 0.0476. The highest BCUT2D eigenvalue weighted by molar-refractivity contribution is 5.86. The lowest BCUT2D eigenvalue weighted by Gasteiger charge is -2.10. The predicted molar refractivity (Wildman–Crippen MR) is 93.8 cm³/mol. The molecule has 0 saturated heterocycles. The zero-order chi connectivity index (χ0) is 18.7. The SMILES string of the molecule is COc1ccc(-c2nc(NC(N)=O)nc(-c3ccccc3O)n2)c(O)c1. The van der Waals surface area contributed by atoms with Crippen molar-refractivity contribution in [1.29, 1.82) is 0 Å². The van der Waals surface area contributed by atoms with Gasteiger partial charge in [0.15, 0.2) is 11.6 Å². The van der Waals surface area contributed by atoms with Crippen LogP contribution in [-0.4, -0.2) is 38.3 Å². The number of phenols is 2. The van der Waals surface area contributed by atoms with Gasteiger partial charge in [-0.1, -0.05) is 12.1 Å². The van der Waals surface area contributed by atoms with E-state index in [1.807, 2.05) is 0 Å². The van der Waals surface area contributed by atoms with Crippen molar-refractivity contribution in [2.75, 3.05) is 12.4 Å². The number of primary amides is 1. The number of amides is 2. The van der Waals surface area contributed by atoms with Gasteiger partial charge in [0.05, 0.1) is 18.2 Å². The summed E-state index contributed by atoms with van der Waals surface area (Å²) >= 11 is 0. The van der Waals surface area contributed by atoms with Gasteiger partial charge in [0, 0.05) is 6.07 Å². The van der Waals surface area contributed by atoms with Crippen molar-refractivity contribution in [3.8, 4) is 40.0 Å². The van der Waals surface area contributed by atoms with Gasteiger partial charge in [0.1, 0.15) is 17.2 Å². The van der Waals surface area contributed by atoms with Crippen LogP contribution >= 0.6 is 0 Å². The van der Waals surface area contributed by atoms with E-state index in [1.165, 1.54) is 19.2 Å². The number of hydrogen-bond acceptors (Lipinski definition) is 7. The van der Waals surface area contributed by atoms with Crippen LogP contribution in [0.25, 0.3) is 22.8 Å². The first kappa shape index (κ1) is 17.0. The summed E-state index contributed by atoms with van der Waals surface area (Å²) in [5.41, 5.74) is 5.75. The second kappa shape index (κ2) is 6.93. The van der Waals surface area contributed by atoms with Crippen LogP contribution in [0.3, 0.4) is 0 Å². The number of carbonyl (C=O) groups excluding carboxylic acids is 1. The first-order chi connectivity index (χ1) is 12.5. The van der Waals surface area contributed by atoms with E-state index in [1.54, 1.807) is 30.3 Å². The van der Waals surface area contributed by atoms with Gasteiger partial charge in [0.25, 0.3) is 0 Å². The molecule has 0 radical (unpaired) electrons. The van der Waals surface area contributed by atoms with Crippen LogP contribution in [0.2, 0.25) is 0 Å². The molecule has 2 aromatic carbocycles. The topological polar surface area (TPSA) is 143 Å². The normalized spacial score (nSPS) is 10.3. The fourth-order valence-corrected chi connectivity index (χ4v) is 2.27. The molecule has 0 aliphatic rings. The van der Waals surface area contributed by atoms with E-state index < -0.39 is 6.03 Å². The third-order valence-corrected chi connectivity index (χ3v) is 3.46. The molecule has 26 heavy (non-hydrogen) atoms. The summed E-state index contributed by atoms with van der Waals surface area (Å²) in [4.78, 5) is 23.7. The lowest BCUT2D eigenvalue weighted by molar-refractivity contribution is 0.259. The maximum Gasteiger partial charge on any atom is 0.319 e. The monoisotopic (exact) mass is 353 g/mol. The molecular weight excluding hydrogens is 338 g/mol. The maximum absolute atomic E-state index is 11.2. The first-order valence-corrected chi connectivity index (χ1v) is 7.46. The number of rotatable bonds is 4. The zero-order valence-corrected chi connectivity index (χ0v) is 13.7. The number of nitrogens with two attached hydrogens (primary N) is 1. The number of benzene rings is 2. The number of nitrogens with zero attached hydrogens (tertiary/aromatic N) is 3. The second-order valence-electron chi connectivity index (χ2n) is 5.20. The van der Waals surface area contributed by atoms with Gasteiger partial charge in [-0.25, -0.2) is 9.78 Å². The number of hydrogen-bond donors (Lipinski definition) is 4.